The van der Waals surface area contributed by atoms with E-state index in [1.54, 1.807) is 56.4 Å². The molecule has 0 saturated heterocycles. The average molecular weight is 1500 g/mol. The number of aryl methyl sites for hydroxylation is 10. The lowest BCUT2D eigenvalue weighted by Crippen LogP contribution is -2.10. The van der Waals surface area contributed by atoms with Crippen molar-refractivity contribution in [2.45, 2.75) is 101 Å². The third kappa shape index (κ3) is 34.6. The second kappa shape index (κ2) is 43.2. The molecule has 9 heterocycles. The van der Waals surface area contributed by atoms with Crippen molar-refractivity contribution in [3.8, 4) is 0 Å². The maximum Gasteiger partial charge on any atom is 0.435 e. The van der Waals surface area contributed by atoms with E-state index in [0.29, 0.717) is 16.0 Å². The molecule has 0 aliphatic carbocycles. The fourth-order valence-electron chi connectivity index (χ4n) is 5.90. The molecular weight excluding hydrogens is 1440 g/mol. The summed E-state index contributed by atoms with van der Waals surface area (Å²) < 4.78 is 158. The molecule has 0 radical (unpaired) electrons. The molecule has 1 aromatic carbocycles. The molecule has 0 N–H and O–H groups in total. The Bertz CT molecular complexity index is 3230. The van der Waals surface area contributed by atoms with Crippen LogP contribution in [0.5, 0.6) is 0 Å². The van der Waals surface area contributed by atoms with Gasteiger partial charge in [0.05, 0.1) is 50.3 Å². The standard InChI is InChI=1S/C8H7F3.C7H6F3N.C7H7F2N.C6H6BrN.2C6H6ClN.C6H5F3N2.C6H6F2N2.C5H5BrN2.C5H5ClN2/c1-6-4-2-3-5-7(6)8(9,10)11;1-5-6(7(8,9)10)3-2-4-11-5;1-5-6(7(8)9)3-2-4-10-5;2*1-5-6(7)3-2-4-8-5;1-5-3-2-4-8-6(5)7;1-4-5(6(7,8)9)11-3-2-10-4;1-4-5(6(7)8)10-3-2-9-4;2*1-4-5(6)8-3-2-7-4/h2-5H,1H3;2-4H,1H3;2-4,7H,1H3;3*2-4H,1H3;2-3H,1H3;2-3,6H,1H3;2*2-3H,1H3. The third-order valence-electron chi connectivity index (χ3n) is 10.8. The number of benzene rings is 1. The van der Waals surface area contributed by atoms with Crippen LogP contribution in [0.4, 0.5) is 57.1 Å². The molecule has 13 nitrogen and oxygen atoms in total. The minimum atomic E-state index is -4.39. The SMILES string of the molecule is Cc1ccccc1C(F)(F)F.Cc1cccnc1Cl.Cc1ncccc1Br.Cc1ncccc1C(F)(F)F.Cc1ncccc1C(F)F.Cc1ncccc1Cl.Cc1nccnc1Br.Cc1nccnc1C(F)(F)F.Cc1nccnc1C(F)F.Cc1nccnc1Cl. The van der Waals surface area contributed by atoms with E-state index in [2.05, 4.69) is 96.7 Å². The monoisotopic (exact) mass is 1500 g/mol. The van der Waals surface area contributed by atoms with Crippen LogP contribution in [0.3, 0.4) is 0 Å². The molecule has 498 valence electrons. The minimum Gasteiger partial charge on any atom is -0.261 e. The van der Waals surface area contributed by atoms with Gasteiger partial charge < -0.3 is 0 Å². The van der Waals surface area contributed by atoms with Crippen molar-refractivity contribution in [1.82, 2.24) is 64.8 Å². The molecule has 0 unspecified atom stereocenters. The number of hydrogen-bond donors (Lipinski definition) is 0. The summed E-state index contributed by atoms with van der Waals surface area (Å²) in [5.41, 5.74) is 3.15. The Labute approximate surface area is 560 Å². The lowest BCUT2D eigenvalue weighted by molar-refractivity contribution is -0.142. The molecule has 0 bridgehead atoms. The first-order valence-corrected chi connectivity index (χ1v) is 29.0. The summed E-state index contributed by atoms with van der Waals surface area (Å²) in [6.07, 6.45) is 1.59. The average Bonchev–Trinajstić information content (AvgIpc) is 1.07. The zero-order valence-electron chi connectivity index (χ0n) is 50.9. The molecule has 0 aliphatic rings. The van der Waals surface area contributed by atoms with Gasteiger partial charge in [0.15, 0.2) is 5.69 Å². The van der Waals surface area contributed by atoms with Crippen LogP contribution in [-0.2, 0) is 18.5 Å². The molecule has 31 heteroatoms. The highest BCUT2D eigenvalue weighted by Crippen LogP contribution is 2.32. The van der Waals surface area contributed by atoms with Gasteiger partial charge in [0.1, 0.15) is 20.6 Å². The van der Waals surface area contributed by atoms with E-state index in [1.807, 2.05) is 71.0 Å². The van der Waals surface area contributed by atoms with E-state index in [1.165, 1.54) is 89.0 Å². The van der Waals surface area contributed by atoms with Gasteiger partial charge in [-0.1, -0.05) is 59.1 Å². The quantitative estimate of drug-likeness (QED) is 0.119. The zero-order valence-corrected chi connectivity index (χ0v) is 56.3. The van der Waals surface area contributed by atoms with Crippen molar-refractivity contribution in [3.05, 3.63) is 275 Å². The first kappa shape index (κ1) is 83.2. The maximum atomic E-state index is 12.0. The van der Waals surface area contributed by atoms with E-state index in [4.69, 9.17) is 34.8 Å². The minimum absolute atomic E-state index is 0.0139. The van der Waals surface area contributed by atoms with Crippen molar-refractivity contribution in [2.75, 3.05) is 0 Å². The van der Waals surface area contributed by atoms with Gasteiger partial charge in [0.2, 0.25) is 0 Å². The first-order chi connectivity index (χ1) is 43.5. The number of hydrogen-bond acceptors (Lipinski definition) is 13. The van der Waals surface area contributed by atoms with Gasteiger partial charge in [-0.3, -0.25) is 44.9 Å². The lowest BCUT2D eigenvalue weighted by Gasteiger charge is -2.08. The van der Waals surface area contributed by atoms with Crippen LogP contribution >= 0.6 is 66.7 Å². The Balaban J connectivity index is 0.000000518. The summed E-state index contributed by atoms with van der Waals surface area (Å²) in [6, 6.07) is 22.0. The molecule has 0 aliphatic heterocycles. The van der Waals surface area contributed by atoms with E-state index in [0.717, 1.165) is 60.8 Å². The number of nitrogens with zero attached hydrogens (tertiary/aromatic N) is 13. The van der Waals surface area contributed by atoms with Gasteiger partial charge in [-0.2, -0.15) is 39.5 Å². The predicted octanol–water partition coefficient (Wildman–Crippen LogP) is 20.5. The zero-order chi connectivity index (χ0) is 70.5. The van der Waals surface area contributed by atoms with E-state index in [-0.39, 0.29) is 33.9 Å². The molecule has 10 rings (SSSR count). The molecule has 9 aromatic heterocycles. The second-order valence-corrected chi connectivity index (χ2v) is 20.6. The molecule has 93 heavy (non-hydrogen) atoms. The normalized spacial score (nSPS) is 10.3. The lowest BCUT2D eigenvalue weighted by atomic mass is 10.1. The van der Waals surface area contributed by atoms with Crippen molar-refractivity contribution in [2.24, 2.45) is 0 Å². The molecule has 0 fully saturated rings. The van der Waals surface area contributed by atoms with Crippen LogP contribution in [0.15, 0.2) is 175 Å². The summed E-state index contributed by atoms with van der Waals surface area (Å²) in [7, 11) is 0. The molecular formula is C62H59Br2Cl3F13N13. The Morgan fingerprint density at radius 2 is 0.731 bits per heavy atom. The summed E-state index contributed by atoms with van der Waals surface area (Å²) >= 11 is 23.3. The second-order valence-electron chi connectivity index (χ2n) is 17.9. The van der Waals surface area contributed by atoms with Crippen LogP contribution in [0.2, 0.25) is 15.3 Å². The van der Waals surface area contributed by atoms with E-state index < -0.39 is 48.2 Å². The van der Waals surface area contributed by atoms with Crippen molar-refractivity contribution >= 4 is 66.7 Å². The molecule has 0 spiro atoms. The van der Waals surface area contributed by atoms with Crippen LogP contribution in [0.25, 0.3) is 0 Å². The highest BCUT2D eigenvalue weighted by molar-refractivity contribution is 9.10. The van der Waals surface area contributed by atoms with Crippen molar-refractivity contribution in [1.29, 1.82) is 0 Å². The summed E-state index contributed by atoms with van der Waals surface area (Å²) in [5.74, 6) is 0. The Hall–Kier alpha value is -7.79. The molecule has 0 atom stereocenters. The van der Waals surface area contributed by atoms with E-state index in [9.17, 15) is 57.1 Å². The number of pyridine rings is 5. The van der Waals surface area contributed by atoms with Gasteiger partial charge in [-0.05, 0) is 173 Å². The summed E-state index contributed by atoms with van der Waals surface area (Å²) in [5, 5.41) is 1.80. The smallest absolute Gasteiger partial charge is 0.261 e. The van der Waals surface area contributed by atoms with E-state index >= 15 is 0 Å². The van der Waals surface area contributed by atoms with Gasteiger partial charge in [0, 0.05) is 102 Å². The maximum absolute atomic E-state index is 12.0. The Kier molecular flexibility index (Phi) is 38.6. The van der Waals surface area contributed by atoms with Crippen molar-refractivity contribution in [3.63, 3.8) is 0 Å². The highest BCUT2D eigenvalue weighted by Gasteiger charge is 2.35. The highest BCUT2D eigenvalue weighted by atomic mass is 79.9. The topological polar surface area (TPSA) is 168 Å². The van der Waals surface area contributed by atoms with Gasteiger partial charge in [0.25, 0.3) is 12.9 Å². The number of rotatable bonds is 2. The first-order valence-electron chi connectivity index (χ1n) is 26.3. The number of halogens is 18. The van der Waals surface area contributed by atoms with Crippen molar-refractivity contribution < 1.29 is 57.1 Å². The van der Waals surface area contributed by atoms with Crippen LogP contribution in [-0.4, -0.2) is 64.8 Å². The fraction of sp³-hybridized carbons (Fsp3) is 0.242. The van der Waals surface area contributed by atoms with Gasteiger partial charge in [-0.15, -0.1) is 0 Å². The van der Waals surface area contributed by atoms with Crippen LogP contribution in [0.1, 0.15) is 97.6 Å². The van der Waals surface area contributed by atoms with Gasteiger partial charge >= 0.3 is 18.5 Å². The van der Waals surface area contributed by atoms with Crippen LogP contribution in [0, 0.1) is 69.2 Å². The third-order valence-corrected chi connectivity index (χ3v) is 13.6. The number of alkyl halides is 13. The Morgan fingerprint density at radius 3 is 1.04 bits per heavy atom. The molecule has 0 amide bonds. The fourth-order valence-corrected chi connectivity index (χ4v) is 6.72. The predicted molar refractivity (Wildman–Crippen MR) is 338 cm³/mol. The summed E-state index contributed by atoms with van der Waals surface area (Å²) in [4.78, 5) is 48.4. The molecule has 0 saturated carbocycles. The number of aromatic nitrogens is 13. The molecule has 10 aromatic rings. The van der Waals surface area contributed by atoms with Gasteiger partial charge in [-0.25, -0.2) is 37.5 Å². The summed E-state index contributed by atoms with van der Waals surface area (Å²) in [6.45, 7) is 16.6. The largest absolute Gasteiger partial charge is 0.435 e. The Morgan fingerprint density at radius 1 is 0.323 bits per heavy atom. The van der Waals surface area contributed by atoms with Crippen LogP contribution < -0.4 is 0 Å².